The zero-order valence-corrected chi connectivity index (χ0v) is 13.3. The number of esters is 1. The van der Waals surface area contributed by atoms with E-state index in [9.17, 15) is 14.4 Å². The molecule has 2 aromatic rings. The second-order valence-electron chi connectivity index (χ2n) is 4.68. The summed E-state index contributed by atoms with van der Waals surface area (Å²) < 4.78 is 4.82. The van der Waals surface area contributed by atoms with Crippen molar-refractivity contribution in [3.05, 3.63) is 52.2 Å². The minimum Gasteiger partial charge on any atom is -0.454 e. The Balaban J connectivity index is 1.71. The normalized spacial score (nSPS) is 9.96. The molecule has 0 aliphatic carbocycles. The van der Waals surface area contributed by atoms with Gasteiger partial charge in [-0.1, -0.05) is 24.3 Å². The molecule has 23 heavy (non-hydrogen) atoms. The monoisotopic (exact) mass is 332 g/mol. The zero-order valence-electron chi connectivity index (χ0n) is 12.5. The number of aryl methyl sites for hydroxylation is 1. The Morgan fingerprint density at radius 2 is 1.91 bits per heavy atom. The van der Waals surface area contributed by atoms with E-state index in [2.05, 4.69) is 10.6 Å². The smallest absolute Gasteiger partial charge is 0.325 e. The van der Waals surface area contributed by atoms with Crippen LogP contribution in [0.25, 0.3) is 0 Å². The number of rotatable bonds is 6. The summed E-state index contributed by atoms with van der Waals surface area (Å²) >= 11 is 1.28. The molecule has 0 unspecified atom stereocenters. The highest BCUT2D eigenvalue weighted by Gasteiger charge is 2.11. The van der Waals surface area contributed by atoms with Gasteiger partial charge in [-0.15, -0.1) is 11.3 Å². The van der Waals surface area contributed by atoms with Crippen LogP contribution in [0.5, 0.6) is 0 Å². The summed E-state index contributed by atoms with van der Waals surface area (Å²) in [7, 11) is 0. The molecule has 2 N–H and O–H groups in total. The van der Waals surface area contributed by atoms with Crippen LogP contribution >= 0.6 is 11.3 Å². The molecule has 0 aliphatic rings. The molecule has 7 heteroatoms. The van der Waals surface area contributed by atoms with Gasteiger partial charge in [-0.25, -0.2) is 0 Å². The van der Waals surface area contributed by atoms with Gasteiger partial charge in [-0.05, 0) is 30.0 Å². The van der Waals surface area contributed by atoms with E-state index in [0.717, 1.165) is 5.56 Å². The van der Waals surface area contributed by atoms with Gasteiger partial charge < -0.3 is 15.4 Å². The number of amides is 2. The highest BCUT2D eigenvalue weighted by atomic mass is 32.1. The van der Waals surface area contributed by atoms with Gasteiger partial charge in [0.05, 0.1) is 4.88 Å². The van der Waals surface area contributed by atoms with Crippen LogP contribution in [0.2, 0.25) is 0 Å². The molecule has 0 saturated carbocycles. The molecule has 120 valence electrons. The summed E-state index contributed by atoms with van der Waals surface area (Å²) in [5, 5.41) is 6.85. The second-order valence-corrected chi connectivity index (χ2v) is 5.63. The Bertz CT molecular complexity index is 698. The summed E-state index contributed by atoms with van der Waals surface area (Å²) in [4.78, 5) is 35.4. The lowest BCUT2D eigenvalue weighted by atomic mass is 10.2. The average molecular weight is 332 g/mol. The molecule has 0 radical (unpaired) electrons. The molecular weight excluding hydrogens is 316 g/mol. The number of anilines is 1. The van der Waals surface area contributed by atoms with Crippen molar-refractivity contribution in [1.82, 2.24) is 5.32 Å². The van der Waals surface area contributed by atoms with Crippen LogP contribution in [0.3, 0.4) is 0 Å². The summed E-state index contributed by atoms with van der Waals surface area (Å²) in [6, 6.07) is 10.7. The van der Waals surface area contributed by atoms with Gasteiger partial charge in [0.15, 0.2) is 6.61 Å². The van der Waals surface area contributed by atoms with Crippen LogP contribution < -0.4 is 10.6 Å². The van der Waals surface area contributed by atoms with E-state index in [0.29, 0.717) is 10.6 Å². The van der Waals surface area contributed by atoms with Crippen molar-refractivity contribution in [3.8, 4) is 0 Å². The van der Waals surface area contributed by atoms with Crippen molar-refractivity contribution >= 4 is 34.8 Å². The number of hydrogen-bond donors (Lipinski definition) is 2. The first kappa shape index (κ1) is 16.7. The average Bonchev–Trinajstić information content (AvgIpc) is 3.07. The van der Waals surface area contributed by atoms with Crippen molar-refractivity contribution in [2.24, 2.45) is 0 Å². The summed E-state index contributed by atoms with van der Waals surface area (Å²) in [6.07, 6.45) is 0. The van der Waals surface area contributed by atoms with Crippen LogP contribution in [0.1, 0.15) is 15.2 Å². The van der Waals surface area contributed by atoms with E-state index in [4.69, 9.17) is 4.74 Å². The van der Waals surface area contributed by atoms with E-state index in [1.807, 2.05) is 19.1 Å². The minimum atomic E-state index is -0.671. The Kier molecular flexibility index (Phi) is 5.87. The van der Waals surface area contributed by atoms with Gasteiger partial charge in [0.2, 0.25) is 0 Å². The van der Waals surface area contributed by atoms with E-state index < -0.39 is 18.5 Å². The zero-order chi connectivity index (χ0) is 16.7. The first-order chi connectivity index (χ1) is 11.1. The van der Waals surface area contributed by atoms with Gasteiger partial charge in [0, 0.05) is 5.69 Å². The third-order valence-electron chi connectivity index (χ3n) is 2.92. The first-order valence-electron chi connectivity index (χ1n) is 6.89. The number of thiophene rings is 1. The SMILES string of the molecule is Cc1ccccc1NC(=O)COC(=O)CNC(=O)c1cccs1. The maximum atomic E-state index is 11.7. The summed E-state index contributed by atoms with van der Waals surface area (Å²) in [5.74, 6) is -1.45. The van der Waals surface area contributed by atoms with Crippen LogP contribution in [0.4, 0.5) is 5.69 Å². The summed E-state index contributed by atoms with van der Waals surface area (Å²) in [6.45, 7) is 1.18. The highest BCUT2D eigenvalue weighted by molar-refractivity contribution is 7.12. The fraction of sp³-hybridized carbons (Fsp3) is 0.188. The number of benzene rings is 1. The molecule has 0 aliphatic heterocycles. The number of para-hydroxylation sites is 1. The van der Waals surface area contributed by atoms with Crippen LogP contribution in [0, 0.1) is 6.92 Å². The molecule has 0 fully saturated rings. The topological polar surface area (TPSA) is 84.5 Å². The third kappa shape index (κ3) is 5.23. The number of ether oxygens (including phenoxy) is 1. The summed E-state index contributed by atoms with van der Waals surface area (Å²) in [5.41, 5.74) is 1.58. The van der Waals surface area contributed by atoms with Gasteiger partial charge in [0.1, 0.15) is 6.54 Å². The maximum Gasteiger partial charge on any atom is 0.325 e. The van der Waals surface area contributed by atoms with Gasteiger partial charge in [0.25, 0.3) is 11.8 Å². The molecule has 2 amide bonds. The quantitative estimate of drug-likeness (QED) is 0.792. The number of hydrogen-bond acceptors (Lipinski definition) is 5. The predicted octanol–water partition coefficient (Wildman–Crippen LogP) is 1.97. The standard InChI is InChI=1S/C16H16N2O4S/c1-11-5-2-3-6-12(11)18-14(19)10-22-15(20)9-17-16(21)13-7-4-8-23-13/h2-8H,9-10H2,1H3,(H,17,21)(H,18,19). The van der Waals surface area contributed by atoms with Crippen LogP contribution in [-0.2, 0) is 14.3 Å². The van der Waals surface area contributed by atoms with Crippen LogP contribution in [0.15, 0.2) is 41.8 Å². The Hall–Kier alpha value is -2.67. The molecule has 6 nitrogen and oxygen atoms in total. The number of carbonyl (C=O) groups is 3. The number of carbonyl (C=O) groups excluding carboxylic acids is 3. The lowest BCUT2D eigenvalue weighted by Crippen LogP contribution is -2.31. The molecule has 1 heterocycles. The Morgan fingerprint density at radius 1 is 1.13 bits per heavy atom. The van der Waals surface area contributed by atoms with Gasteiger partial charge in [-0.2, -0.15) is 0 Å². The van der Waals surface area contributed by atoms with Gasteiger partial charge >= 0.3 is 5.97 Å². The molecule has 0 saturated heterocycles. The maximum absolute atomic E-state index is 11.7. The van der Waals surface area contributed by atoms with Crippen LogP contribution in [-0.4, -0.2) is 30.9 Å². The molecular formula is C16H16N2O4S. The third-order valence-corrected chi connectivity index (χ3v) is 3.79. The molecule has 0 spiro atoms. The van der Waals surface area contributed by atoms with E-state index in [-0.39, 0.29) is 12.5 Å². The lowest BCUT2D eigenvalue weighted by molar-refractivity contribution is -0.146. The molecule has 1 aromatic carbocycles. The fourth-order valence-corrected chi connectivity index (χ4v) is 2.38. The number of nitrogens with one attached hydrogen (secondary N) is 2. The first-order valence-corrected chi connectivity index (χ1v) is 7.77. The largest absolute Gasteiger partial charge is 0.454 e. The molecule has 0 bridgehead atoms. The Labute approximate surface area is 137 Å². The van der Waals surface area contributed by atoms with Crippen molar-refractivity contribution in [1.29, 1.82) is 0 Å². The van der Waals surface area contributed by atoms with E-state index in [1.165, 1.54) is 11.3 Å². The van der Waals surface area contributed by atoms with E-state index in [1.54, 1.807) is 29.6 Å². The molecule has 1 aromatic heterocycles. The highest BCUT2D eigenvalue weighted by Crippen LogP contribution is 2.12. The van der Waals surface area contributed by atoms with Crippen molar-refractivity contribution < 1.29 is 19.1 Å². The lowest BCUT2D eigenvalue weighted by Gasteiger charge is -2.09. The fourth-order valence-electron chi connectivity index (χ4n) is 1.74. The van der Waals surface area contributed by atoms with Crippen molar-refractivity contribution in [2.75, 3.05) is 18.5 Å². The minimum absolute atomic E-state index is 0.283. The van der Waals surface area contributed by atoms with Gasteiger partial charge in [-0.3, -0.25) is 14.4 Å². The second kappa shape index (κ2) is 8.09. The Morgan fingerprint density at radius 3 is 2.61 bits per heavy atom. The van der Waals surface area contributed by atoms with Crippen molar-refractivity contribution in [2.45, 2.75) is 6.92 Å². The predicted molar refractivity (Wildman–Crippen MR) is 87.4 cm³/mol. The van der Waals surface area contributed by atoms with E-state index >= 15 is 0 Å². The molecule has 0 atom stereocenters. The molecule has 2 rings (SSSR count). The van der Waals surface area contributed by atoms with Crippen molar-refractivity contribution in [3.63, 3.8) is 0 Å².